The van der Waals surface area contributed by atoms with Crippen molar-refractivity contribution in [1.29, 1.82) is 0 Å². The number of carbonyl (C=O) groups excluding carboxylic acids is 2. The van der Waals surface area contributed by atoms with Crippen molar-refractivity contribution >= 4 is 39.1 Å². The lowest BCUT2D eigenvalue weighted by molar-refractivity contribution is -0.140. The van der Waals surface area contributed by atoms with Gasteiger partial charge in [0.2, 0.25) is 21.8 Å². The molecule has 0 aliphatic heterocycles. The zero-order valence-electron chi connectivity index (χ0n) is 21.8. The second-order valence-electron chi connectivity index (χ2n) is 9.20. The molecule has 0 aromatic heterocycles. The van der Waals surface area contributed by atoms with Crippen LogP contribution in [0.3, 0.4) is 0 Å². The van der Waals surface area contributed by atoms with E-state index in [1.165, 1.54) is 4.90 Å². The number of sulfonamides is 1. The van der Waals surface area contributed by atoms with Crippen LogP contribution >= 0.6 is 11.6 Å². The van der Waals surface area contributed by atoms with Crippen LogP contribution in [0, 0.1) is 0 Å². The van der Waals surface area contributed by atoms with Gasteiger partial charge in [-0.05, 0) is 48.1 Å². The number of nitrogens with one attached hydrogen (secondary N) is 1. The van der Waals surface area contributed by atoms with E-state index in [9.17, 15) is 18.0 Å². The van der Waals surface area contributed by atoms with Gasteiger partial charge in [0.25, 0.3) is 0 Å². The minimum absolute atomic E-state index is 0.0541. The van der Waals surface area contributed by atoms with Gasteiger partial charge in [0, 0.05) is 18.1 Å². The Balaban J connectivity index is 2.46. The van der Waals surface area contributed by atoms with E-state index in [0.717, 1.165) is 34.5 Å². The number of amides is 2. The highest BCUT2D eigenvalue weighted by Crippen LogP contribution is 2.29. The van der Waals surface area contributed by atoms with Gasteiger partial charge >= 0.3 is 0 Å². The topological polar surface area (TPSA) is 86.8 Å². The van der Waals surface area contributed by atoms with Crippen molar-refractivity contribution in [3.63, 3.8) is 0 Å². The van der Waals surface area contributed by atoms with E-state index in [0.29, 0.717) is 23.7 Å². The molecule has 7 nitrogen and oxygen atoms in total. The van der Waals surface area contributed by atoms with E-state index < -0.39 is 28.5 Å². The predicted molar refractivity (Wildman–Crippen MR) is 147 cm³/mol. The van der Waals surface area contributed by atoms with Crippen molar-refractivity contribution in [3.05, 3.63) is 64.7 Å². The van der Waals surface area contributed by atoms with Crippen LogP contribution < -0.4 is 9.62 Å². The SMILES string of the molecule is CCCCNC(=O)[C@H](CC)N(Cc1ccc(Cl)cc1)C(=O)CN(c1ccccc1C(C)C)S(C)(=O)=O. The summed E-state index contributed by atoms with van der Waals surface area (Å²) < 4.78 is 26.9. The van der Waals surface area contributed by atoms with E-state index in [2.05, 4.69) is 5.32 Å². The fraction of sp³-hybridized carbons (Fsp3) is 0.481. The summed E-state index contributed by atoms with van der Waals surface area (Å²) in [6, 6.07) is 13.5. The van der Waals surface area contributed by atoms with Gasteiger partial charge in [0.05, 0.1) is 11.9 Å². The molecule has 9 heteroatoms. The van der Waals surface area contributed by atoms with Crippen LogP contribution in [-0.4, -0.2) is 50.5 Å². The van der Waals surface area contributed by atoms with Crippen LogP contribution in [0.25, 0.3) is 0 Å². The number of nitrogens with zero attached hydrogens (tertiary/aromatic N) is 2. The lowest BCUT2D eigenvalue weighted by atomic mass is 10.0. The second kappa shape index (κ2) is 13.7. The van der Waals surface area contributed by atoms with Crippen molar-refractivity contribution in [2.75, 3.05) is 23.7 Å². The van der Waals surface area contributed by atoms with Crippen molar-refractivity contribution in [3.8, 4) is 0 Å². The molecule has 0 bridgehead atoms. The minimum atomic E-state index is -3.78. The third-order valence-corrected chi connectivity index (χ3v) is 7.37. The molecule has 2 amide bonds. The average molecular weight is 536 g/mol. The minimum Gasteiger partial charge on any atom is -0.354 e. The molecular weight excluding hydrogens is 498 g/mol. The van der Waals surface area contributed by atoms with Gasteiger partial charge in [0.1, 0.15) is 12.6 Å². The van der Waals surface area contributed by atoms with Crippen LogP contribution in [-0.2, 0) is 26.2 Å². The van der Waals surface area contributed by atoms with Gasteiger partial charge in [0.15, 0.2) is 0 Å². The summed E-state index contributed by atoms with van der Waals surface area (Å²) in [5, 5.41) is 3.48. The largest absolute Gasteiger partial charge is 0.354 e. The molecule has 2 rings (SSSR count). The van der Waals surface area contributed by atoms with Gasteiger partial charge < -0.3 is 10.2 Å². The van der Waals surface area contributed by atoms with Crippen molar-refractivity contribution in [1.82, 2.24) is 10.2 Å². The Morgan fingerprint density at radius 1 is 1.03 bits per heavy atom. The molecule has 2 aromatic rings. The lowest BCUT2D eigenvalue weighted by Crippen LogP contribution is -2.52. The number of anilines is 1. The Bertz CT molecular complexity index is 1120. The van der Waals surface area contributed by atoms with Gasteiger partial charge in [-0.2, -0.15) is 0 Å². The Hall–Kier alpha value is -2.58. The summed E-state index contributed by atoms with van der Waals surface area (Å²) >= 11 is 6.03. The van der Waals surface area contributed by atoms with Crippen LogP contribution in [0.1, 0.15) is 64.0 Å². The van der Waals surface area contributed by atoms with Crippen LogP contribution in [0.5, 0.6) is 0 Å². The number of halogens is 1. The maximum atomic E-state index is 13.8. The van der Waals surface area contributed by atoms with Crippen LogP contribution in [0.15, 0.2) is 48.5 Å². The molecule has 0 radical (unpaired) electrons. The molecule has 1 atom stereocenters. The Morgan fingerprint density at radius 2 is 1.67 bits per heavy atom. The molecular formula is C27H38ClN3O4S. The Kier molecular flexibility index (Phi) is 11.2. The molecule has 36 heavy (non-hydrogen) atoms. The van der Waals surface area contributed by atoms with Gasteiger partial charge in [-0.3, -0.25) is 13.9 Å². The van der Waals surface area contributed by atoms with Crippen LogP contribution in [0.4, 0.5) is 5.69 Å². The first-order valence-electron chi connectivity index (χ1n) is 12.4. The quantitative estimate of drug-likeness (QED) is 0.367. The summed E-state index contributed by atoms with van der Waals surface area (Å²) in [6.07, 6.45) is 3.25. The van der Waals surface area contributed by atoms with E-state index >= 15 is 0 Å². The predicted octanol–water partition coefficient (Wildman–Crippen LogP) is 4.95. The van der Waals surface area contributed by atoms with E-state index in [1.54, 1.807) is 36.4 Å². The summed E-state index contributed by atoms with van der Waals surface area (Å²) in [4.78, 5) is 28.3. The fourth-order valence-electron chi connectivity index (χ4n) is 4.01. The number of hydrogen-bond acceptors (Lipinski definition) is 4. The summed E-state index contributed by atoms with van der Waals surface area (Å²) in [5.74, 6) is -0.647. The summed E-state index contributed by atoms with van der Waals surface area (Å²) in [7, 11) is -3.78. The smallest absolute Gasteiger partial charge is 0.244 e. The first-order valence-corrected chi connectivity index (χ1v) is 14.6. The third kappa shape index (κ3) is 8.23. The van der Waals surface area contributed by atoms with Crippen LogP contribution in [0.2, 0.25) is 5.02 Å². The number of hydrogen-bond donors (Lipinski definition) is 1. The van der Waals surface area contributed by atoms with E-state index in [-0.39, 0.29) is 18.4 Å². The Labute approximate surface area is 220 Å². The molecule has 0 aliphatic carbocycles. The monoisotopic (exact) mass is 535 g/mol. The molecule has 0 spiro atoms. The highest BCUT2D eigenvalue weighted by atomic mass is 35.5. The van der Waals surface area contributed by atoms with Crippen molar-refractivity contribution in [2.45, 2.75) is 65.5 Å². The molecule has 0 unspecified atom stereocenters. The molecule has 1 N–H and O–H groups in total. The maximum absolute atomic E-state index is 13.8. The van der Waals surface area contributed by atoms with Gasteiger partial charge in [-0.25, -0.2) is 8.42 Å². The number of para-hydroxylation sites is 1. The number of benzene rings is 2. The molecule has 0 saturated heterocycles. The van der Waals surface area contributed by atoms with Crippen molar-refractivity contribution in [2.24, 2.45) is 0 Å². The molecule has 0 fully saturated rings. The highest BCUT2D eigenvalue weighted by molar-refractivity contribution is 7.92. The van der Waals surface area contributed by atoms with E-state index in [4.69, 9.17) is 11.6 Å². The van der Waals surface area contributed by atoms with Gasteiger partial charge in [-0.15, -0.1) is 0 Å². The normalized spacial score (nSPS) is 12.3. The zero-order valence-corrected chi connectivity index (χ0v) is 23.4. The molecule has 2 aromatic carbocycles. The summed E-state index contributed by atoms with van der Waals surface area (Å²) in [6.45, 7) is 8.09. The standard InChI is InChI=1S/C27H38ClN3O4S/c1-6-8-17-29-27(33)24(7-2)30(18-21-13-15-22(28)16-14-21)26(32)19-31(36(5,34)35)25-12-10-9-11-23(25)20(3)4/h9-16,20,24H,6-8,17-19H2,1-5H3,(H,29,33)/t24-/m0/s1. The van der Waals surface area contributed by atoms with Gasteiger partial charge in [-0.1, -0.05) is 76.0 Å². The molecule has 0 aliphatic rings. The summed E-state index contributed by atoms with van der Waals surface area (Å²) in [5.41, 5.74) is 2.08. The lowest BCUT2D eigenvalue weighted by Gasteiger charge is -2.33. The average Bonchev–Trinajstić information content (AvgIpc) is 2.83. The highest BCUT2D eigenvalue weighted by Gasteiger charge is 2.32. The molecule has 0 saturated carbocycles. The maximum Gasteiger partial charge on any atom is 0.244 e. The van der Waals surface area contributed by atoms with E-state index in [1.807, 2.05) is 39.8 Å². The third-order valence-electron chi connectivity index (χ3n) is 5.99. The zero-order chi connectivity index (χ0) is 26.9. The number of carbonyl (C=O) groups is 2. The molecule has 198 valence electrons. The van der Waals surface area contributed by atoms with Crippen molar-refractivity contribution < 1.29 is 18.0 Å². The first-order chi connectivity index (χ1) is 17.0. The first kappa shape index (κ1) is 29.6. The number of rotatable bonds is 13. The second-order valence-corrected chi connectivity index (χ2v) is 11.5. The number of unbranched alkanes of at least 4 members (excludes halogenated alkanes) is 1. The molecule has 0 heterocycles. The Morgan fingerprint density at radius 3 is 2.22 bits per heavy atom. The fourth-order valence-corrected chi connectivity index (χ4v) is 5.00.